The number of nitrogens with zero attached hydrogens (tertiary/aromatic N) is 1. The predicted octanol–water partition coefficient (Wildman–Crippen LogP) is 1.05. The van der Waals surface area contributed by atoms with E-state index in [4.69, 9.17) is 5.26 Å². The number of benzene rings is 1. The van der Waals surface area contributed by atoms with E-state index in [1.165, 1.54) is 29.0 Å². The highest BCUT2D eigenvalue weighted by molar-refractivity contribution is 7.89. The van der Waals surface area contributed by atoms with Gasteiger partial charge in [0.2, 0.25) is 15.6 Å². The zero-order chi connectivity index (χ0) is 17.5. The monoisotopic (exact) mass is 345 g/mol. The van der Waals surface area contributed by atoms with Crippen LogP contribution in [-0.4, -0.2) is 26.0 Å². The molecule has 2 N–H and O–H groups in total. The van der Waals surface area contributed by atoms with Gasteiger partial charge in [-0.2, -0.15) is 23.2 Å². The fourth-order valence-electron chi connectivity index (χ4n) is 2.21. The molecular formula is C13H10F3N3O3S. The molecule has 2 atom stereocenters. The number of amides is 1. The Hall–Kier alpha value is -2.38. The lowest BCUT2D eigenvalue weighted by Gasteiger charge is -2.31. The van der Waals surface area contributed by atoms with Crippen LogP contribution in [0.15, 0.2) is 47.5 Å². The van der Waals surface area contributed by atoms with E-state index in [1.807, 2.05) is 0 Å². The average Bonchev–Trinajstić information content (AvgIpc) is 2.70. The Balaban J connectivity index is 2.61. The third-order valence-corrected chi connectivity index (χ3v) is 4.82. The van der Waals surface area contributed by atoms with E-state index in [1.54, 1.807) is 5.32 Å². The fraction of sp³-hybridized carbons (Fsp3) is 0.231. The molecule has 0 unspecified atom stereocenters. The lowest BCUT2D eigenvalue weighted by Crippen LogP contribution is -2.66. The molecule has 0 radical (unpaired) electrons. The summed E-state index contributed by atoms with van der Waals surface area (Å²) in [7, 11) is -4.71. The van der Waals surface area contributed by atoms with E-state index in [0.29, 0.717) is 0 Å². The van der Waals surface area contributed by atoms with Crippen molar-refractivity contribution in [1.82, 2.24) is 10.0 Å². The summed E-state index contributed by atoms with van der Waals surface area (Å²) in [4.78, 5) is 11.4. The van der Waals surface area contributed by atoms with E-state index in [0.717, 1.165) is 12.1 Å². The van der Waals surface area contributed by atoms with Crippen molar-refractivity contribution in [1.29, 1.82) is 5.26 Å². The maximum absolute atomic E-state index is 13.5. The Labute approximate surface area is 129 Å². The standard InChI is InChI=1S/C13H10F3N3O3S/c1-8-10(7-17)12(11(20)18-8,13(14,15)16)19-23(21,22)9-5-3-2-4-6-9/h2-6,10,19H,1H2,(H,18,20)/t10-,12+/m1/s1. The van der Waals surface area contributed by atoms with Gasteiger partial charge in [0, 0.05) is 5.70 Å². The minimum atomic E-state index is -5.35. The normalized spacial score (nSPS) is 25.0. The van der Waals surface area contributed by atoms with Gasteiger partial charge in [-0.05, 0) is 12.1 Å². The van der Waals surface area contributed by atoms with Crippen LogP contribution in [0.25, 0.3) is 0 Å². The molecule has 122 valence electrons. The van der Waals surface area contributed by atoms with Crippen molar-refractivity contribution in [2.75, 3.05) is 0 Å². The molecule has 2 rings (SSSR count). The lowest BCUT2D eigenvalue weighted by molar-refractivity contribution is -0.195. The molecule has 6 nitrogen and oxygen atoms in total. The second kappa shape index (κ2) is 5.36. The molecule has 1 aliphatic heterocycles. The van der Waals surface area contributed by atoms with Gasteiger partial charge < -0.3 is 5.32 Å². The van der Waals surface area contributed by atoms with Crippen LogP contribution in [0.1, 0.15) is 0 Å². The highest BCUT2D eigenvalue weighted by atomic mass is 32.2. The Morgan fingerprint density at radius 2 is 1.87 bits per heavy atom. The van der Waals surface area contributed by atoms with Gasteiger partial charge in [-0.25, -0.2) is 8.42 Å². The van der Waals surface area contributed by atoms with Crippen LogP contribution in [0.4, 0.5) is 13.2 Å². The number of sulfonamides is 1. The third kappa shape index (κ3) is 2.58. The van der Waals surface area contributed by atoms with Gasteiger partial charge in [0.15, 0.2) is 0 Å². The molecule has 10 heteroatoms. The van der Waals surface area contributed by atoms with Gasteiger partial charge >= 0.3 is 6.18 Å². The van der Waals surface area contributed by atoms with Crippen molar-refractivity contribution in [3.05, 3.63) is 42.6 Å². The second-order valence-corrected chi connectivity index (χ2v) is 6.45. The Bertz CT molecular complexity index is 799. The first kappa shape index (κ1) is 17.0. The summed E-state index contributed by atoms with van der Waals surface area (Å²) in [5.74, 6) is -3.82. The van der Waals surface area contributed by atoms with Crippen LogP contribution < -0.4 is 10.0 Å². The first-order valence-electron chi connectivity index (χ1n) is 6.12. The van der Waals surface area contributed by atoms with Crippen LogP contribution in [0.3, 0.4) is 0 Å². The molecule has 1 aliphatic rings. The summed E-state index contributed by atoms with van der Waals surface area (Å²) < 4.78 is 66.4. The summed E-state index contributed by atoms with van der Waals surface area (Å²) >= 11 is 0. The second-order valence-electron chi connectivity index (χ2n) is 4.77. The molecule has 1 saturated heterocycles. The topological polar surface area (TPSA) is 99.1 Å². The molecule has 0 bridgehead atoms. The Morgan fingerprint density at radius 1 is 1.30 bits per heavy atom. The van der Waals surface area contributed by atoms with Crippen molar-refractivity contribution < 1.29 is 26.4 Å². The molecule has 1 heterocycles. The lowest BCUT2D eigenvalue weighted by atomic mass is 9.86. The third-order valence-electron chi connectivity index (χ3n) is 3.34. The number of nitrogens with one attached hydrogen (secondary N) is 2. The van der Waals surface area contributed by atoms with Crippen molar-refractivity contribution in [3.8, 4) is 6.07 Å². The van der Waals surface area contributed by atoms with E-state index in [2.05, 4.69) is 6.58 Å². The van der Waals surface area contributed by atoms with Crippen LogP contribution in [-0.2, 0) is 14.8 Å². The molecule has 0 spiro atoms. The summed E-state index contributed by atoms with van der Waals surface area (Å²) in [6, 6.07) is 7.51. The number of rotatable bonds is 3. The Morgan fingerprint density at radius 3 is 2.35 bits per heavy atom. The molecule has 0 aliphatic carbocycles. The molecule has 1 aromatic rings. The van der Waals surface area contributed by atoms with Crippen molar-refractivity contribution >= 4 is 15.9 Å². The molecule has 23 heavy (non-hydrogen) atoms. The van der Waals surface area contributed by atoms with Crippen LogP contribution in [0.5, 0.6) is 0 Å². The number of carbonyl (C=O) groups excluding carboxylic acids is 1. The number of alkyl halides is 3. The predicted molar refractivity (Wildman–Crippen MR) is 71.9 cm³/mol. The average molecular weight is 345 g/mol. The van der Waals surface area contributed by atoms with Crippen LogP contribution in [0.2, 0.25) is 0 Å². The molecule has 0 aromatic heterocycles. The molecule has 0 saturated carbocycles. The van der Waals surface area contributed by atoms with E-state index in [-0.39, 0.29) is 0 Å². The van der Waals surface area contributed by atoms with Gasteiger partial charge in [-0.15, -0.1) is 0 Å². The molecular weight excluding hydrogens is 335 g/mol. The molecule has 1 fully saturated rings. The summed E-state index contributed by atoms with van der Waals surface area (Å²) in [6.45, 7) is 3.18. The van der Waals surface area contributed by atoms with Crippen LogP contribution in [0, 0.1) is 17.2 Å². The summed E-state index contributed by atoms with van der Waals surface area (Å²) in [6.07, 6.45) is -5.35. The fourth-order valence-corrected chi connectivity index (χ4v) is 3.59. The van der Waals surface area contributed by atoms with Gasteiger partial charge in [0.1, 0.15) is 5.92 Å². The van der Waals surface area contributed by atoms with E-state index in [9.17, 15) is 26.4 Å². The maximum Gasteiger partial charge on any atom is 0.418 e. The number of hydrogen-bond acceptors (Lipinski definition) is 4. The maximum atomic E-state index is 13.5. The zero-order valence-electron chi connectivity index (χ0n) is 11.4. The SMILES string of the molecule is C=C1NC(=O)[C@](NS(=O)(=O)c2ccccc2)(C(F)(F)F)[C@@H]1C#N. The molecule has 1 aromatic carbocycles. The van der Waals surface area contributed by atoms with Crippen molar-refractivity contribution in [2.24, 2.45) is 5.92 Å². The first-order chi connectivity index (χ1) is 10.6. The minimum absolute atomic E-state index is 0.467. The highest BCUT2D eigenvalue weighted by Gasteiger charge is 2.71. The van der Waals surface area contributed by atoms with Crippen molar-refractivity contribution in [2.45, 2.75) is 16.6 Å². The molecule has 1 amide bonds. The zero-order valence-corrected chi connectivity index (χ0v) is 12.2. The minimum Gasteiger partial charge on any atom is -0.327 e. The Kier molecular flexibility index (Phi) is 3.96. The van der Waals surface area contributed by atoms with E-state index >= 15 is 0 Å². The number of nitriles is 1. The smallest absolute Gasteiger partial charge is 0.327 e. The summed E-state index contributed by atoms with van der Waals surface area (Å²) in [5, 5.41) is 10.8. The number of hydrogen-bond donors (Lipinski definition) is 2. The van der Waals surface area contributed by atoms with Gasteiger partial charge in [0.25, 0.3) is 5.91 Å². The first-order valence-corrected chi connectivity index (χ1v) is 7.60. The number of carbonyl (C=O) groups is 1. The van der Waals surface area contributed by atoms with Gasteiger partial charge in [0.05, 0.1) is 11.0 Å². The van der Waals surface area contributed by atoms with Crippen LogP contribution >= 0.6 is 0 Å². The van der Waals surface area contributed by atoms with Gasteiger partial charge in [-0.1, -0.05) is 24.8 Å². The van der Waals surface area contributed by atoms with E-state index < -0.39 is 44.2 Å². The summed E-state index contributed by atoms with van der Waals surface area (Å²) in [5.41, 5.74) is -4.15. The van der Waals surface area contributed by atoms with Crippen molar-refractivity contribution in [3.63, 3.8) is 0 Å². The number of halogens is 3. The quantitative estimate of drug-likeness (QED) is 0.855. The van der Waals surface area contributed by atoms with Gasteiger partial charge in [-0.3, -0.25) is 4.79 Å². The highest BCUT2D eigenvalue weighted by Crippen LogP contribution is 2.43. The largest absolute Gasteiger partial charge is 0.418 e.